The monoisotopic (exact) mass is 346 g/mol. The fraction of sp³-hybridized carbons (Fsp3) is 0.706. The predicted molar refractivity (Wildman–Crippen MR) is 94.4 cm³/mol. The maximum atomic E-state index is 12.2. The first-order valence-corrected chi connectivity index (χ1v) is 9.11. The summed E-state index contributed by atoms with van der Waals surface area (Å²) < 4.78 is 0. The number of anilines is 2. The van der Waals surface area contributed by atoms with E-state index in [1.807, 2.05) is 11.0 Å². The Morgan fingerprint density at radius 2 is 2.08 bits per heavy atom. The Morgan fingerprint density at radius 1 is 1.32 bits per heavy atom. The molecule has 1 saturated carbocycles. The number of aromatic nitrogens is 2. The van der Waals surface area contributed by atoms with Crippen molar-refractivity contribution in [2.75, 3.05) is 36.0 Å². The fourth-order valence-electron chi connectivity index (χ4n) is 4.53. The van der Waals surface area contributed by atoms with Gasteiger partial charge >= 0.3 is 0 Å². The average Bonchev–Trinajstić information content (AvgIpc) is 3.20. The molecule has 1 aromatic heterocycles. The van der Waals surface area contributed by atoms with Crippen LogP contribution in [-0.2, 0) is 4.79 Å². The minimum Gasteiger partial charge on any atom is -0.391 e. The normalized spacial score (nSPS) is 28.6. The first kappa shape index (κ1) is 16.5. The number of nitrogens with one attached hydrogen (secondary N) is 1. The molecule has 1 aliphatic carbocycles. The summed E-state index contributed by atoms with van der Waals surface area (Å²) >= 11 is 0. The summed E-state index contributed by atoms with van der Waals surface area (Å²) in [5.74, 6) is 1.59. The molecule has 1 spiro atoms. The van der Waals surface area contributed by atoms with Gasteiger partial charge in [-0.05, 0) is 19.3 Å². The van der Waals surface area contributed by atoms with Gasteiger partial charge in [-0.3, -0.25) is 4.79 Å². The molecule has 2 saturated heterocycles. The number of amides is 1. The van der Waals surface area contributed by atoms with Crippen LogP contribution in [0.3, 0.4) is 0 Å². The minimum atomic E-state index is -0.380. The Labute approximate surface area is 147 Å². The Hall–Kier alpha value is -1.93. The van der Waals surface area contributed by atoms with Gasteiger partial charge < -0.3 is 26.0 Å². The van der Waals surface area contributed by atoms with Crippen LogP contribution in [0.2, 0.25) is 0 Å². The molecule has 2 aliphatic heterocycles. The standard InChI is InChI=1S/C17H26N6O2/c18-7-12-5-13(24)8-23(12)15-6-14(19-11-20-15)22-9-16(25)21-17(10-22)3-1-2-4-17/h6,11-13,24H,1-5,7-10,18H2,(H,21,25)/t12-,13-/m1/s1. The molecule has 4 N–H and O–H groups in total. The van der Waals surface area contributed by atoms with Gasteiger partial charge in [-0.1, -0.05) is 12.8 Å². The number of carbonyl (C=O) groups excluding carboxylic acids is 1. The molecule has 0 radical (unpaired) electrons. The Morgan fingerprint density at radius 3 is 2.84 bits per heavy atom. The van der Waals surface area contributed by atoms with Gasteiger partial charge in [0.2, 0.25) is 5.91 Å². The number of piperazine rings is 1. The highest BCUT2D eigenvalue weighted by Crippen LogP contribution is 2.34. The summed E-state index contributed by atoms with van der Waals surface area (Å²) in [7, 11) is 0. The molecule has 1 aromatic rings. The van der Waals surface area contributed by atoms with Crippen molar-refractivity contribution < 1.29 is 9.90 Å². The van der Waals surface area contributed by atoms with Crippen LogP contribution in [-0.4, -0.2) is 64.8 Å². The van der Waals surface area contributed by atoms with Gasteiger partial charge in [0.1, 0.15) is 18.0 Å². The third kappa shape index (κ3) is 3.16. The van der Waals surface area contributed by atoms with E-state index >= 15 is 0 Å². The molecule has 0 bridgehead atoms. The number of rotatable bonds is 3. The lowest BCUT2D eigenvalue weighted by molar-refractivity contribution is -0.122. The number of hydrogen-bond acceptors (Lipinski definition) is 7. The van der Waals surface area contributed by atoms with E-state index in [9.17, 15) is 9.90 Å². The molecular formula is C17H26N6O2. The van der Waals surface area contributed by atoms with E-state index in [1.165, 1.54) is 6.33 Å². The summed E-state index contributed by atoms with van der Waals surface area (Å²) in [4.78, 5) is 25.1. The van der Waals surface area contributed by atoms with E-state index in [0.29, 0.717) is 26.1 Å². The van der Waals surface area contributed by atoms with E-state index in [-0.39, 0.29) is 23.6 Å². The molecule has 4 rings (SSSR count). The summed E-state index contributed by atoms with van der Waals surface area (Å²) in [6.45, 7) is 2.12. The molecule has 0 aromatic carbocycles. The van der Waals surface area contributed by atoms with Crippen molar-refractivity contribution in [2.24, 2.45) is 5.73 Å². The first-order valence-electron chi connectivity index (χ1n) is 9.11. The van der Waals surface area contributed by atoms with Crippen molar-refractivity contribution in [1.82, 2.24) is 15.3 Å². The molecular weight excluding hydrogens is 320 g/mol. The zero-order chi connectivity index (χ0) is 17.4. The van der Waals surface area contributed by atoms with Gasteiger partial charge in [-0.25, -0.2) is 9.97 Å². The maximum Gasteiger partial charge on any atom is 0.240 e. The van der Waals surface area contributed by atoms with Crippen molar-refractivity contribution in [1.29, 1.82) is 0 Å². The second-order valence-corrected chi connectivity index (χ2v) is 7.56. The number of hydrogen-bond donors (Lipinski definition) is 3. The van der Waals surface area contributed by atoms with E-state index < -0.39 is 0 Å². The average molecular weight is 346 g/mol. The molecule has 3 aliphatic rings. The predicted octanol–water partition coefficient (Wildman–Crippen LogP) is -0.376. The van der Waals surface area contributed by atoms with Crippen molar-refractivity contribution >= 4 is 17.5 Å². The van der Waals surface area contributed by atoms with Crippen LogP contribution in [0, 0.1) is 0 Å². The lowest BCUT2D eigenvalue weighted by Gasteiger charge is -2.41. The third-order valence-corrected chi connectivity index (χ3v) is 5.71. The van der Waals surface area contributed by atoms with Crippen LogP contribution in [0.25, 0.3) is 0 Å². The minimum absolute atomic E-state index is 0.0599. The van der Waals surface area contributed by atoms with Crippen LogP contribution in [0.1, 0.15) is 32.1 Å². The lowest BCUT2D eigenvalue weighted by atomic mass is 9.94. The molecule has 3 fully saturated rings. The van der Waals surface area contributed by atoms with Crippen LogP contribution in [0.15, 0.2) is 12.4 Å². The molecule has 0 unspecified atom stereocenters. The Kier molecular flexibility index (Phi) is 4.24. The topological polar surface area (TPSA) is 108 Å². The van der Waals surface area contributed by atoms with Crippen LogP contribution in [0.5, 0.6) is 0 Å². The number of β-amino-alcohol motifs (C(OH)–C–C–N with tert-alkyl or cyclic N) is 1. The number of nitrogens with zero attached hydrogens (tertiary/aromatic N) is 4. The van der Waals surface area contributed by atoms with Crippen LogP contribution in [0.4, 0.5) is 11.6 Å². The lowest BCUT2D eigenvalue weighted by Crippen LogP contribution is -2.62. The van der Waals surface area contributed by atoms with Gasteiger partial charge in [-0.15, -0.1) is 0 Å². The number of nitrogens with two attached hydrogens (primary N) is 1. The first-order chi connectivity index (χ1) is 12.1. The third-order valence-electron chi connectivity index (χ3n) is 5.71. The molecule has 25 heavy (non-hydrogen) atoms. The quantitative estimate of drug-likeness (QED) is 0.685. The SMILES string of the molecule is NC[C@H]1C[C@@H](O)CN1c1cc(N2CC(=O)NC3(CCCC3)C2)ncn1. The highest BCUT2D eigenvalue weighted by Gasteiger charge is 2.41. The highest BCUT2D eigenvalue weighted by molar-refractivity contribution is 5.83. The Balaban J connectivity index is 1.57. The molecule has 8 heteroatoms. The van der Waals surface area contributed by atoms with Crippen LogP contribution >= 0.6 is 0 Å². The molecule has 136 valence electrons. The molecule has 3 heterocycles. The second-order valence-electron chi connectivity index (χ2n) is 7.56. The van der Waals surface area contributed by atoms with Crippen LogP contribution < -0.4 is 20.9 Å². The summed E-state index contributed by atoms with van der Waals surface area (Å²) in [6.07, 6.45) is 6.19. The second kappa shape index (κ2) is 6.42. The number of aliphatic hydroxyl groups excluding tert-OH is 1. The zero-order valence-electron chi connectivity index (χ0n) is 14.4. The Bertz CT molecular complexity index is 648. The molecule has 1 amide bonds. The van der Waals surface area contributed by atoms with Gasteiger partial charge in [0, 0.05) is 31.7 Å². The smallest absolute Gasteiger partial charge is 0.240 e. The van der Waals surface area contributed by atoms with Crippen molar-refractivity contribution in [2.45, 2.75) is 49.8 Å². The zero-order valence-corrected chi connectivity index (χ0v) is 14.4. The summed E-state index contributed by atoms with van der Waals surface area (Å²) in [6, 6.07) is 2.01. The van der Waals surface area contributed by atoms with Gasteiger partial charge in [0.15, 0.2) is 0 Å². The fourth-order valence-corrected chi connectivity index (χ4v) is 4.53. The molecule has 2 atom stereocenters. The van der Waals surface area contributed by atoms with E-state index in [4.69, 9.17) is 5.73 Å². The van der Waals surface area contributed by atoms with E-state index in [2.05, 4.69) is 20.2 Å². The van der Waals surface area contributed by atoms with Gasteiger partial charge in [-0.2, -0.15) is 0 Å². The number of aliphatic hydroxyl groups is 1. The molecule has 8 nitrogen and oxygen atoms in total. The number of carbonyl (C=O) groups is 1. The van der Waals surface area contributed by atoms with Crippen molar-refractivity contribution in [3.8, 4) is 0 Å². The van der Waals surface area contributed by atoms with Gasteiger partial charge in [0.05, 0.1) is 18.2 Å². The largest absolute Gasteiger partial charge is 0.391 e. The van der Waals surface area contributed by atoms with Crippen molar-refractivity contribution in [3.63, 3.8) is 0 Å². The summed E-state index contributed by atoms with van der Waals surface area (Å²) in [5.41, 5.74) is 5.73. The summed E-state index contributed by atoms with van der Waals surface area (Å²) in [5, 5.41) is 13.1. The maximum absolute atomic E-state index is 12.2. The van der Waals surface area contributed by atoms with E-state index in [1.54, 1.807) is 0 Å². The van der Waals surface area contributed by atoms with Gasteiger partial charge in [0.25, 0.3) is 0 Å². The highest BCUT2D eigenvalue weighted by atomic mass is 16.3. The van der Waals surface area contributed by atoms with Crippen molar-refractivity contribution in [3.05, 3.63) is 12.4 Å². The van der Waals surface area contributed by atoms with E-state index in [0.717, 1.165) is 43.9 Å².